The number of halogens is 6. The van der Waals surface area contributed by atoms with E-state index in [1.54, 1.807) is 0 Å². The third-order valence-corrected chi connectivity index (χ3v) is 2.03. The molecule has 0 bridgehead atoms. The standard InChI is InChI=1S/C8H4Cl2F4/c9-7(10)5-3-4(8(12,13)14)1-2-6(5)11/h1-3,7H. The molecule has 6 heteroatoms. The molecule has 78 valence electrons. The van der Waals surface area contributed by atoms with Gasteiger partial charge in [0.25, 0.3) is 0 Å². The van der Waals surface area contributed by atoms with Crippen LogP contribution in [-0.2, 0) is 6.18 Å². The van der Waals surface area contributed by atoms with Crippen molar-refractivity contribution < 1.29 is 17.6 Å². The Labute approximate surface area is 87.4 Å². The SMILES string of the molecule is Fc1ccc(C(F)(F)F)cc1C(Cl)Cl. The van der Waals surface area contributed by atoms with Crippen molar-refractivity contribution in [2.45, 2.75) is 11.0 Å². The van der Waals surface area contributed by atoms with Crippen LogP contribution < -0.4 is 0 Å². The lowest BCUT2D eigenvalue weighted by Gasteiger charge is -2.09. The zero-order valence-electron chi connectivity index (χ0n) is 6.58. The summed E-state index contributed by atoms with van der Waals surface area (Å²) in [4.78, 5) is -1.31. The maximum Gasteiger partial charge on any atom is 0.416 e. The van der Waals surface area contributed by atoms with Gasteiger partial charge in [-0.05, 0) is 18.2 Å². The monoisotopic (exact) mass is 246 g/mol. The molecule has 0 nitrogen and oxygen atoms in total. The lowest BCUT2D eigenvalue weighted by atomic mass is 10.1. The molecule has 0 saturated heterocycles. The minimum atomic E-state index is -4.52. The smallest absolute Gasteiger partial charge is 0.207 e. The first kappa shape index (κ1) is 11.6. The van der Waals surface area contributed by atoms with Crippen LogP contribution in [0.5, 0.6) is 0 Å². The summed E-state index contributed by atoms with van der Waals surface area (Å²) in [6.45, 7) is 0. The molecule has 0 N–H and O–H groups in total. The average Bonchev–Trinajstić information content (AvgIpc) is 2.02. The summed E-state index contributed by atoms with van der Waals surface area (Å²) in [5.74, 6) is -0.854. The molecule has 0 unspecified atom stereocenters. The molecule has 0 aliphatic carbocycles. The van der Waals surface area contributed by atoms with Gasteiger partial charge in [0.1, 0.15) is 10.7 Å². The predicted molar refractivity (Wildman–Crippen MR) is 45.8 cm³/mol. The number of benzene rings is 1. The Hall–Kier alpha value is -0.480. The number of hydrogen-bond donors (Lipinski definition) is 0. The van der Waals surface area contributed by atoms with Crippen LogP contribution in [-0.4, -0.2) is 0 Å². The van der Waals surface area contributed by atoms with Gasteiger partial charge in [-0.2, -0.15) is 13.2 Å². The summed E-state index contributed by atoms with van der Waals surface area (Å²) < 4.78 is 49.3. The Bertz CT molecular complexity index is 333. The minimum Gasteiger partial charge on any atom is -0.207 e. The first-order valence-electron chi connectivity index (χ1n) is 3.47. The van der Waals surface area contributed by atoms with Crippen LogP contribution in [0.4, 0.5) is 17.6 Å². The normalized spacial score (nSPS) is 12.2. The van der Waals surface area contributed by atoms with Gasteiger partial charge >= 0.3 is 6.18 Å². The second-order valence-electron chi connectivity index (χ2n) is 2.53. The lowest BCUT2D eigenvalue weighted by Crippen LogP contribution is -2.06. The van der Waals surface area contributed by atoms with E-state index in [2.05, 4.69) is 0 Å². The quantitative estimate of drug-likeness (QED) is 0.512. The zero-order chi connectivity index (χ0) is 10.9. The molecular formula is C8H4Cl2F4. The maximum atomic E-state index is 12.9. The van der Waals surface area contributed by atoms with Gasteiger partial charge in [0.05, 0.1) is 5.56 Å². The van der Waals surface area contributed by atoms with E-state index in [9.17, 15) is 17.6 Å². The molecule has 0 aromatic heterocycles. The van der Waals surface area contributed by atoms with Gasteiger partial charge < -0.3 is 0 Å². The van der Waals surface area contributed by atoms with Crippen molar-refractivity contribution >= 4 is 23.2 Å². The van der Waals surface area contributed by atoms with Gasteiger partial charge in [0.2, 0.25) is 0 Å². The van der Waals surface area contributed by atoms with Crippen molar-refractivity contribution in [2.24, 2.45) is 0 Å². The Morgan fingerprint density at radius 1 is 1.14 bits per heavy atom. The van der Waals surface area contributed by atoms with Gasteiger partial charge in [0.15, 0.2) is 0 Å². The Morgan fingerprint density at radius 3 is 2.14 bits per heavy atom. The molecule has 0 heterocycles. The maximum absolute atomic E-state index is 12.9. The van der Waals surface area contributed by atoms with E-state index < -0.39 is 22.4 Å². The van der Waals surface area contributed by atoms with Crippen molar-refractivity contribution in [2.75, 3.05) is 0 Å². The molecule has 1 aromatic carbocycles. The summed E-state index contributed by atoms with van der Waals surface area (Å²) in [6, 6.07) is 1.92. The number of hydrogen-bond acceptors (Lipinski definition) is 0. The largest absolute Gasteiger partial charge is 0.416 e. The van der Waals surface area contributed by atoms with Crippen molar-refractivity contribution in [1.82, 2.24) is 0 Å². The highest BCUT2D eigenvalue weighted by Gasteiger charge is 2.31. The number of alkyl halides is 5. The molecular weight excluding hydrogens is 243 g/mol. The second kappa shape index (κ2) is 3.95. The first-order chi connectivity index (χ1) is 6.32. The van der Waals surface area contributed by atoms with Crippen molar-refractivity contribution in [3.63, 3.8) is 0 Å². The van der Waals surface area contributed by atoms with Crippen molar-refractivity contribution in [1.29, 1.82) is 0 Å². The van der Waals surface area contributed by atoms with E-state index in [-0.39, 0.29) is 5.56 Å². The summed E-state index contributed by atoms with van der Waals surface area (Å²) in [7, 11) is 0. The molecule has 0 aliphatic rings. The van der Waals surface area contributed by atoms with Crippen LogP contribution in [0.1, 0.15) is 16.0 Å². The molecule has 0 atom stereocenters. The van der Waals surface area contributed by atoms with Gasteiger partial charge in [0, 0.05) is 5.56 Å². The highest BCUT2D eigenvalue weighted by atomic mass is 35.5. The third kappa shape index (κ3) is 2.51. The van der Waals surface area contributed by atoms with Crippen LogP contribution in [0.2, 0.25) is 0 Å². The Balaban J connectivity index is 3.20. The van der Waals surface area contributed by atoms with E-state index in [4.69, 9.17) is 23.2 Å². The molecule has 1 rings (SSSR count). The van der Waals surface area contributed by atoms with Gasteiger partial charge in [-0.15, -0.1) is 0 Å². The lowest BCUT2D eigenvalue weighted by molar-refractivity contribution is -0.137. The van der Waals surface area contributed by atoms with Crippen LogP contribution in [0.3, 0.4) is 0 Å². The molecule has 0 fully saturated rings. The van der Waals surface area contributed by atoms with Crippen LogP contribution in [0, 0.1) is 5.82 Å². The van der Waals surface area contributed by atoms with E-state index in [0.29, 0.717) is 18.2 Å². The summed E-state index contributed by atoms with van der Waals surface area (Å²) in [6.07, 6.45) is -4.52. The second-order valence-corrected chi connectivity index (χ2v) is 3.63. The number of rotatable bonds is 1. The Morgan fingerprint density at radius 2 is 1.71 bits per heavy atom. The van der Waals surface area contributed by atoms with Crippen molar-refractivity contribution in [3.8, 4) is 0 Å². The topological polar surface area (TPSA) is 0 Å². The summed E-state index contributed by atoms with van der Waals surface area (Å²) in [5.41, 5.74) is -1.34. The molecule has 0 amide bonds. The fourth-order valence-corrected chi connectivity index (χ4v) is 1.22. The average molecular weight is 247 g/mol. The van der Waals surface area contributed by atoms with Gasteiger partial charge in [-0.1, -0.05) is 23.2 Å². The predicted octanol–water partition coefficient (Wildman–Crippen LogP) is 4.32. The fourth-order valence-electron chi connectivity index (χ4n) is 0.887. The third-order valence-electron chi connectivity index (χ3n) is 1.56. The first-order valence-corrected chi connectivity index (χ1v) is 4.34. The van der Waals surface area contributed by atoms with Gasteiger partial charge in [-0.3, -0.25) is 0 Å². The molecule has 0 spiro atoms. The zero-order valence-corrected chi connectivity index (χ0v) is 8.09. The van der Waals surface area contributed by atoms with Crippen LogP contribution in [0.25, 0.3) is 0 Å². The van der Waals surface area contributed by atoms with Crippen LogP contribution in [0.15, 0.2) is 18.2 Å². The fraction of sp³-hybridized carbons (Fsp3) is 0.250. The molecule has 0 saturated carbocycles. The molecule has 0 aliphatic heterocycles. The Kier molecular flexibility index (Phi) is 3.27. The van der Waals surface area contributed by atoms with Crippen molar-refractivity contribution in [3.05, 3.63) is 35.1 Å². The van der Waals surface area contributed by atoms with E-state index in [1.165, 1.54) is 0 Å². The van der Waals surface area contributed by atoms with Crippen LogP contribution >= 0.6 is 23.2 Å². The minimum absolute atomic E-state index is 0.372. The molecule has 0 radical (unpaired) electrons. The summed E-state index contributed by atoms with van der Waals surface area (Å²) in [5, 5.41) is 0. The highest BCUT2D eigenvalue weighted by Crippen LogP contribution is 2.34. The van der Waals surface area contributed by atoms with E-state index in [0.717, 1.165) is 0 Å². The highest BCUT2D eigenvalue weighted by molar-refractivity contribution is 6.44. The molecule has 14 heavy (non-hydrogen) atoms. The molecule has 1 aromatic rings. The van der Waals surface area contributed by atoms with E-state index in [1.807, 2.05) is 0 Å². The van der Waals surface area contributed by atoms with E-state index >= 15 is 0 Å². The summed E-state index contributed by atoms with van der Waals surface area (Å²) >= 11 is 10.6. The van der Waals surface area contributed by atoms with Gasteiger partial charge in [-0.25, -0.2) is 4.39 Å².